The molecule has 1 amide bonds. The summed E-state index contributed by atoms with van der Waals surface area (Å²) in [5.74, 6) is -1.28. The van der Waals surface area contributed by atoms with Crippen molar-refractivity contribution in [3.8, 4) is 11.1 Å². The van der Waals surface area contributed by atoms with Gasteiger partial charge in [0.25, 0.3) is 5.91 Å². The van der Waals surface area contributed by atoms with Crippen molar-refractivity contribution in [2.24, 2.45) is 17.8 Å². The third-order valence-electron chi connectivity index (χ3n) is 5.08. The minimum Gasteiger partial charge on any atom is -0.481 e. The van der Waals surface area contributed by atoms with Crippen molar-refractivity contribution in [2.75, 3.05) is 13.1 Å². The largest absolute Gasteiger partial charge is 0.481 e. The number of hydrogen-bond donors (Lipinski definition) is 1. The van der Waals surface area contributed by atoms with Crippen LogP contribution in [0.15, 0.2) is 48.5 Å². The molecule has 2 fully saturated rings. The predicted molar refractivity (Wildman–Crippen MR) is 85.8 cm³/mol. The Morgan fingerprint density at radius 3 is 2.25 bits per heavy atom. The van der Waals surface area contributed by atoms with E-state index in [1.165, 1.54) is 12.1 Å². The average Bonchev–Trinajstić information content (AvgIpc) is 3.10. The van der Waals surface area contributed by atoms with Crippen LogP contribution in [0.2, 0.25) is 0 Å². The maximum atomic E-state index is 13.1. The quantitative estimate of drug-likeness (QED) is 0.944. The smallest absolute Gasteiger partial charge is 0.307 e. The summed E-state index contributed by atoms with van der Waals surface area (Å²) < 4.78 is 13.1. The van der Waals surface area contributed by atoms with Gasteiger partial charge in [0.05, 0.1) is 5.92 Å². The van der Waals surface area contributed by atoms with Gasteiger partial charge in [-0.25, -0.2) is 4.39 Å². The fourth-order valence-electron chi connectivity index (χ4n) is 3.78. The molecule has 4 rings (SSSR count). The summed E-state index contributed by atoms with van der Waals surface area (Å²) in [6, 6.07) is 13.3. The number of likely N-dealkylation sites (tertiary alicyclic amines) is 1. The maximum Gasteiger partial charge on any atom is 0.307 e. The van der Waals surface area contributed by atoms with Crippen molar-refractivity contribution < 1.29 is 19.1 Å². The van der Waals surface area contributed by atoms with E-state index in [0.717, 1.165) is 11.1 Å². The van der Waals surface area contributed by atoms with Crippen LogP contribution in [0.25, 0.3) is 11.1 Å². The molecule has 122 valence electrons. The van der Waals surface area contributed by atoms with E-state index in [0.29, 0.717) is 18.7 Å². The number of piperidine rings is 1. The van der Waals surface area contributed by atoms with Gasteiger partial charge in [-0.2, -0.15) is 0 Å². The normalized spacial score (nSPS) is 24.5. The Labute approximate surface area is 138 Å². The molecule has 1 saturated carbocycles. The van der Waals surface area contributed by atoms with Gasteiger partial charge in [-0.1, -0.05) is 30.3 Å². The predicted octanol–water partition coefficient (Wildman–Crippen LogP) is 2.90. The van der Waals surface area contributed by atoms with Crippen LogP contribution in [0, 0.1) is 23.6 Å². The van der Waals surface area contributed by atoms with Gasteiger partial charge in [0.15, 0.2) is 0 Å². The monoisotopic (exact) mass is 325 g/mol. The molecule has 5 heteroatoms. The summed E-state index contributed by atoms with van der Waals surface area (Å²) in [5.41, 5.74) is 2.11. The molecule has 0 spiro atoms. The number of hydrogen-bond acceptors (Lipinski definition) is 2. The molecule has 2 aromatic carbocycles. The molecule has 2 aromatic rings. The number of aliphatic carboxylic acids is 1. The third-order valence-corrected chi connectivity index (χ3v) is 5.08. The van der Waals surface area contributed by atoms with Crippen LogP contribution < -0.4 is 0 Å². The molecule has 0 bridgehead atoms. The van der Waals surface area contributed by atoms with Crippen LogP contribution in [0.1, 0.15) is 10.4 Å². The SMILES string of the molecule is O=C(O)C1[C@H]2CN(C(=O)c3ccccc3-c3ccc(F)cc3)C[C@@H]12. The van der Waals surface area contributed by atoms with Crippen molar-refractivity contribution in [1.82, 2.24) is 4.90 Å². The summed E-state index contributed by atoms with van der Waals surface area (Å²) in [6.45, 7) is 0.996. The van der Waals surface area contributed by atoms with Crippen molar-refractivity contribution in [3.05, 3.63) is 59.9 Å². The van der Waals surface area contributed by atoms with Crippen molar-refractivity contribution in [2.45, 2.75) is 0 Å². The fraction of sp³-hybridized carbons (Fsp3) is 0.263. The van der Waals surface area contributed by atoms with E-state index in [-0.39, 0.29) is 29.5 Å². The highest BCUT2D eigenvalue weighted by Gasteiger charge is 2.60. The molecular formula is C19H16FNO3. The molecule has 1 heterocycles. The molecule has 3 atom stereocenters. The second-order valence-corrected chi connectivity index (χ2v) is 6.45. The molecule has 1 unspecified atom stereocenters. The van der Waals surface area contributed by atoms with Crippen LogP contribution in [-0.2, 0) is 4.79 Å². The number of carbonyl (C=O) groups is 2. The number of rotatable bonds is 3. The highest BCUT2D eigenvalue weighted by atomic mass is 19.1. The lowest BCUT2D eigenvalue weighted by Gasteiger charge is -2.21. The standard InChI is InChI=1S/C19H16FNO3/c20-12-7-5-11(6-8-12)13-3-1-2-4-14(13)18(22)21-9-15-16(10-21)17(15)19(23)24/h1-8,15-17H,9-10H2,(H,23,24)/t15-,16+,17?. The molecule has 0 aromatic heterocycles. The molecule has 2 aliphatic rings. The fourth-order valence-corrected chi connectivity index (χ4v) is 3.78. The number of carboxylic acids is 1. The molecule has 1 saturated heterocycles. The van der Waals surface area contributed by atoms with Crippen LogP contribution in [0.3, 0.4) is 0 Å². The van der Waals surface area contributed by atoms with Gasteiger partial charge in [-0.05, 0) is 41.2 Å². The van der Waals surface area contributed by atoms with Crippen LogP contribution >= 0.6 is 0 Å². The van der Waals surface area contributed by atoms with E-state index < -0.39 is 5.97 Å². The molecule has 1 aliphatic heterocycles. The number of amides is 1. The van der Waals surface area contributed by atoms with E-state index >= 15 is 0 Å². The Balaban J connectivity index is 1.58. The van der Waals surface area contributed by atoms with Gasteiger partial charge >= 0.3 is 5.97 Å². The van der Waals surface area contributed by atoms with Gasteiger partial charge in [-0.15, -0.1) is 0 Å². The van der Waals surface area contributed by atoms with E-state index in [4.69, 9.17) is 5.11 Å². The van der Waals surface area contributed by atoms with Gasteiger partial charge in [0.2, 0.25) is 0 Å². The summed E-state index contributed by atoms with van der Waals surface area (Å²) in [4.78, 5) is 25.6. The number of benzene rings is 2. The first kappa shape index (κ1) is 14.9. The number of halogens is 1. The number of nitrogens with zero attached hydrogens (tertiary/aromatic N) is 1. The van der Waals surface area contributed by atoms with Crippen LogP contribution in [0.4, 0.5) is 4.39 Å². The van der Waals surface area contributed by atoms with Crippen LogP contribution in [-0.4, -0.2) is 35.0 Å². The van der Waals surface area contributed by atoms with Gasteiger partial charge in [0.1, 0.15) is 5.82 Å². The molecule has 1 aliphatic carbocycles. The highest BCUT2D eigenvalue weighted by Crippen LogP contribution is 2.52. The average molecular weight is 325 g/mol. The highest BCUT2D eigenvalue weighted by molar-refractivity contribution is 6.01. The summed E-state index contributed by atoms with van der Waals surface area (Å²) in [7, 11) is 0. The maximum absolute atomic E-state index is 13.1. The summed E-state index contributed by atoms with van der Waals surface area (Å²) in [6.07, 6.45) is 0. The number of carbonyl (C=O) groups excluding carboxylic acids is 1. The van der Waals surface area contributed by atoms with E-state index in [1.54, 1.807) is 29.2 Å². The Bertz CT molecular complexity index is 806. The zero-order valence-corrected chi connectivity index (χ0v) is 12.9. The lowest BCUT2D eigenvalue weighted by atomic mass is 9.98. The van der Waals surface area contributed by atoms with E-state index in [2.05, 4.69) is 0 Å². The Morgan fingerprint density at radius 2 is 1.62 bits per heavy atom. The van der Waals surface area contributed by atoms with Gasteiger partial charge < -0.3 is 10.0 Å². The van der Waals surface area contributed by atoms with Gasteiger partial charge in [0, 0.05) is 18.7 Å². The zero-order chi connectivity index (χ0) is 16.8. The van der Waals surface area contributed by atoms with Crippen LogP contribution in [0.5, 0.6) is 0 Å². The first-order valence-corrected chi connectivity index (χ1v) is 7.93. The molecule has 1 N–H and O–H groups in total. The Hall–Kier alpha value is -2.69. The molecular weight excluding hydrogens is 309 g/mol. The van der Waals surface area contributed by atoms with Crippen molar-refractivity contribution >= 4 is 11.9 Å². The molecule has 0 radical (unpaired) electrons. The third kappa shape index (κ3) is 2.37. The molecule has 24 heavy (non-hydrogen) atoms. The topological polar surface area (TPSA) is 57.6 Å². The lowest BCUT2D eigenvalue weighted by molar-refractivity contribution is -0.139. The van der Waals surface area contributed by atoms with E-state index in [1.807, 2.05) is 12.1 Å². The van der Waals surface area contributed by atoms with Crippen molar-refractivity contribution in [3.63, 3.8) is 0 Å². The summed E-state index contributed by atoms with van der Waals surface area (Å²) in [5, 5.41) is 9.08. The minimum absolute atomic E-state index is 0.0874. The Kier molecular flexibility index (Phi) is 3.37. The first-order valence-electron chi connectivity index (χ1n) is 7.93. The second kappa shape index (κ2) is 5.44. The first-order chi connectivity index (χ1) is 11.6. The minimum atomic E-state index is -0.760. The summed E-state index contributed by atoms with van der Waals surface area (Å²) >= 11 is 0. The zero-order valence-electron chi connectivity index (χ0n) is 12.9. The van der Waals surface area contributed by atoms with E-state index in [9.17, 15) is 14.0 Å². The van der Waals surface area contributed by atoms with Gasteiger partial charge in [-0.3, -0.25) is 9.59 Å². The second-order valence-electron chi connectivity index (χ2n) is 6.45. The lowest BCUT2D eigenvalue weighted by Crippen LogP contribution is -2.32. The Morgan fingerprint density at radius 1 is 1.00 bits per heavy atom. The van der Waals surface area contributed by atoms with Crippen molar-refractivity contribution in [1.29, 1.82) is 0 Å². The number of fused-ring (bicyclic) bond motifs is 1. The number of carboxylic acid groups (broad SMARTS) is 1. The molecule has 4 nitrogen and oxygen atoms in total.